The first-order valence-corrected chi connectivity index (χ1v) is 7.18. The van der Waals surface area contributed by atoms with Gasteiger partial charge in [0.15, 0.2) is 0 Å². The molecule has 94 valence electrons. The number of rotatable bonds is 4. The predicted octanol–water partition coefficient (Wildman–Crippen LogP) is 0.905. The Hall–Kier alpha value is -0.620. The number of nitrogens with zero attached hydrogens (tertiary/aromatic N) is 1. The molecule has 1 atom stereocenters. The average Bonchev–Trinajstić information content (AvgIpc) is 2.28. The van der Waals surface area contributed by atoms with E-state index in [9.17, 15) is 8.42 Å². The van der Waals surface area contributed by atoms with Crippen molar-refractivity contribution in [3.63, 3.8) is 0 Å². The molecule has 16 heavy (non-hydrogen) atoms. The third kappa shape index (κ3) is 2.74. The van der Waals surface area contributed by atoms with Gasteiger partial charge in [-0.25, -0.2) is 8.42 Å². The molecule has 0 aliphatic heterocycles. The summed E-state index contributed by atoms with van der Waals surface area (Å²) in [6.45, 7) is 1.64. The van der Waals surface area contributed by atoms with Crippen LogP contribution in [0.3, 0.4) is 0 Å². The molecule has 0 amide bonds. The molecule has 3 N–H and O–H groups in total. The average molecular weight is 247 g/mol. The van der Waals surface area contributed by atoms with E-state index in [2.05, 4.69) is 0 Å². The van der Waals surface area contributed by atoms with E-state index in [0.29, 0.717) is 0 Å². The summed E-state index contributed by atoms with van der Waals surface area (Å²) in [5, 5.41) is 7.01. The first-order chi connectivity index (χ1) is 7.37. The van der Waals surface area contributed by atoms with Crippen LogP contribution in [0.15, 0.2) is 0 Å². The van der Waals surface area contributed by atoms with Crippen molar-refractivity contribution in [1.82, 2.24) is 4.31 Å². The molecule has 6 heteroatoms. The molecule has 0 radical (unpaired) electrons. The molecule has 1 rings (SSSR count). The number of sulfonamides is 1. The van der Waals surface area contributed by atoms with Gasteiger partial charge in [-0.1, -0.05) is 19.3 Å². The molecule has 0 spiro atoms. The summed E-state index contributed by atoms with van der Waals surface area (Å²) < 4.78 is 25.7. The molecular weight excluding hydrogens is 226 g/mol. The van der Waals surface area contributed by atoms with Crippen LogP contribution in [0.2, 0.25) is 0 Å². The van der Waals surface area contributed by atoms with E-state index < -0.39 is 16.1 Å². The lowest BCUT2D eigenvalue weighted by atomic mass is 10.0. The maximum atomic E-state index is 12.2. The number of nitrogens with one attached hydrogen (secondary N) is 1. The smallest absolute Gasteiger partial charge is 0.217 e. The van der Waals surface area contributed by atoms with Crippen molar-refractivity contribution in [2.24, 2.45) is 5.73 Å². The maximum Gasteiger partial charge on any atom is 0.217 e. The summed E-state index contributed by atoms with van der Waals surface area (Å²) in [5.74, 6) is -0.109. The van der Waals surface area contributed by atoms with Crippen molar-refractivity contribution in [2.45, 2.75) is 50.3 Å². The van der Waals surface area contributed by atoms with Crippen molar-refractivity contribution in [2.75, 3.05) is 7.05 Å². The second-order valence-electron chi connectivity index (χ2n) is 4.45. The van der Waals surface area contributed by atoms with Crippen LogP contribution in [-0.2, 0) is 10.0 Å². The summed E-state index contributed by atoms with van der Waals surface area (Å²) in [4.78, 5) is 0. The van der Waals surface area contributed by atoms with Crippen LogP contribution in [0.1, 0.15) is 39.0 Å². The molecule has 1 aliphatic rings. The normalized spacial score (nSPS) is 20.9. The van der Waals surface area contributed by atoms with Crippen LogP contribution in [0.5, 0.6) is 0 Å². The van der Waals surface area contributed by atoms with Crippen LogP contribution in [-0.4, -0.2) is 36.9 Å². The molecule has 0 aromatic heterocycles. The Bertz CT molecular complexity index is 347. The highest BCUT2D eigenvalue weighted by Gasteiger charge is 2.33. The molecule has 5 nitrogen and oxygen atoms in total. The Kier molecular flexibility index (Phi) is 4.32. The van der Waals surface area contributed by atoms with E-state index in [-0.39, 0.29) is 11.1 Å². The van der Waals surface area contributed by atoms with Gasteiger partial charge in [0, 0.05) is 7.05 Å². The van der Waals surface area contributed by atoms with Gasteiger partial charge >= 0.3 is 0 Å². The van der Waals surface area contributed by atoms with Crippen molar-refractivity contribution in [3.8, 4) is 0 Å². The Balaban J connectivity index is 2.79. The van der Waals surface area contributed by atoms with Gasteiger partial charge in [0.05, 0.1) is 11.3 Å². The van der Waals surface area contributed by atoms with Gasteiger partial charge < -0.3 is 5.73 Å². The van der Waals surface area contributed by atoms with Crippen LogP contribution >= 0.6 is 0 Å². The Morgan fingerprint density at radius 2 is 1.88 bits per heavy atom. The number of hydrogen-bond acceptors (Lipinski definition) is 3. The lowest BCUT2D eigenvalue weighted by molar-refractivity contribution is 0.412. The SMILES string of the molecule is CC(C(=N)N)N(C)S(=O)(=O)C1CCCCC1. The molecule has 0 aromatic carbocycles. The Morgan fingerprint density at radius 3 is 2.31 bits per heavy atom. The standard InChI is InChI=1S/C10H21N3O2S/c1-8(10(11)12)13(2)16(14,15)9-6-4-3-5-7-9/h8-9H,3-7H2,1-2H3,(H3,11,12). The highest BCUT2D eigenvalue weighted by Crippen LogP contribution is 2.26. The monoisotopic (exact) mass is 247 g/mol. The topological polar surface area (TPSA) is 87.2 Å². The van der Waals surface area contributed by atoms with Gasteiger partial charge in [0.2, 0.25) is 10.0 Å². The molecule has 1 aliphatic carbocycles. The Labute approximate surface area is 97.6 Å². The van der Waals surface area contributed by atoms with Crippen molar-refractivity contribution >= 4 is 15.9 Å². The first-order valence-electron chi connectivity index (χ1n) is 5.68. The minimum absolute atomic E-state index is 0.109. The second kappa shape index (κ2) is 5.14. The molecule has 0 saturated heterocycles. The Morgan fingerprint density at radius 1 is 1.38 bits per heavy atom. The van der Waals surface area contributed by atoms with E-state index in [1.165, 1.54) is 11.4 Å². The largest absolute Gasteiger partial charge is 0.386 e. The highest BCUT2D eigenvalue weighted by molar-refractivity contribution is 7.89. The van der Waals surface area contributed by atoms with E-state index in [4.69, 9.17) is 11.1 Å². The molecule has 0 heterocycles. The van der Waals surface area contributed by atoms with Gasteiger partial charge in [-0.3, -0.25) is 5.41 Å². The summed E-state index contributed by atoms with van der Waals surface area (Å²) in [5.41, 5.74) is 5.34. The molecule has 1 unspecified atom stereocenters. The first kappa shape index (κ1) is 13.4. The zero-order valence-electron chi connectivity index (χ0n) is 9.94. The predicted molar refractivity (Wildman–Crippen MR) is 64.9 cm³/mol. The van der Waals surface area contributed by atoms with Crippen molar-refractivity contribution < 1.29 is 8.42 Å². The quantitative estimate of drug-likeness (QED) is 0.571. The number of hydrogen-bond donors (Lipinski definition) is 2. The lowest BCUT2D eigenvalue weighted by Crippen LogP contribution is -2.47. The fourth-order valence-electron chi connectivity index (χ4n) is 2.01. The third-order valence-electron chi connectivity index (χ3n) is 3.37. The van der Waals surface area contributed by atoms with Gasteiger partial charge in [-0.15, -0.1) is 0 Å². The molecule has 0 aromatic rings. The zero-order valence-corrected chi connectivity index (χ0v) is 10.8. The molecular formula is C10H21N3O2S. The third-order valence-corrected chi connectivity index (χ3v) is 5.80. The summed E-state index contributed by atoms with van der Waals surface area (Å²) in [6, 6.07) is -0.549. The number of likely N-dealkylation sites (N-methyl/N-ethyl adjacent to an activating group) is 1. The van der Waals surface area contributed by atoms with E-state index in [1.807, 2.05) is 0 Å². The fourth-order valence-corrected chi connectivity index (χ4v) is 3.97. The lowest BCUT2D eigenvalue weighted by Gasteiger charge is -2.30. The van der Waals surface area contributed by atoms with Gasteiger partial charge in [0.25, 0.3) is 0 Å². The van der Waals surface area contributed by atoms with Crippen LogP contribution in [0.25, 0.3) is 0 Å². The van der Waals surface area contributed by atoms with E-state index in [0.717, 1.165) is 32.1 Å². The van der Waals surface area contributed by atoms with E-state index in [1.54, 1.807) is 6.92 Å². The fraction of sp³-hybridized carbons (Fsp3) is 0.900. The molecule has 0 bridgehead atoms. The summed E-state index contributed by atoms with van der Waals surface area (Å²) >= 11 is 0. The second-order valence-corrected chi connectivity index (χ2v) is 6.73. The van der Waals surface area contributed by atoms with Gasteiger partial charge in [-0.2, -0.15) is 4.31 Å². The molecule has 1 fully saturated rings. The number of nitrogens with two attached hydrogens (primary N) is 1. The van der Waals surface area contributed by atoms with E-state index >= 15 is 0 Å². The minimum Gasteiger partial charge on any atom is -0.386 e. The zero-order chi connectivity index (χ0) is 12.3. The van der Waals surface area contributed by atoms with Crippen LogP contribution in [0, 0.1) is 5.41 Å². The minimum atomic E-state index is -3.29. The van der Waals surface area contributed by atoms with Crippen LogP contribution in [0.4, 0.5) is 0 Å². The van der Waals surface area contributed by atoms with Crippen molar-refractivity contribution in [1.29, 1.82) is 5.41 Å². The van der Waals surface area contributed by atoms with Gasteiger partial charge in [-0.05, 0) is 19.8 Å². The highest BCUT2D eigenvalue weighted by atomic mass is 32.2. The van der Waals surface area contributed by atoms with Crippen LogP contribution < -0.4 is 5.73 Å². The maximum absolute atomic E-state index is 12.2. The summed E-state index contributed by atoms with van der Waals surface area (Å²) in [7, 11) is -1.78. The summed E-state index contributed by atoms with van der Waals surface area (Å²) in [6.07, 6.45) is 4.55. The van der Waals surface area contributed by atoms with Crippen molar-refractivity contribution in [3.05, 3.63) is 0 Å². The van der Waals surface area contributed by atoms with Gasteiger partial charge in [0.1, 0.15) is 5.84 Å². The number of amidine groups is 1. The molecule has 1 saturated carbocycles.